The zero-order valence-electron chi connectivity index (χ0n) is 9.17. The quantitative estimate of drug-likeness (QED) is 0.707. The molecule has 0 amide bonds. The summed E-state index contributed by atoms with van der Waals surface area (Å²) in [5, 5.41) is 3.12. The van der Waals surface area contributed by atoms with Gasteiger partial charge in [0.1, 0.15) is 0 Å². The molecule has 0 bridgehead atoms. The minimum atomic E-state index is 0.851. The average molecular weight is 193 g/mol. The zero-order chi connectivity index (χ0) is 10.6. The van der Waals surface area contributed by atoms with Crippen LogP contribution in [0.5, 0.6) is 0 Å². The van der Waals surface area contributed by atoms with Crippen LogP contribution < -0.4 is 16.0 Å². The van der Waals surface area contributed by atoms with Crippen molar-refractivity contribution in [3.05, 3.63) is 23.8 Å². The summed E-state index contributed by atoms with van der Waals surface area (Å²) < 4.78 is 0. The molecule has 1 rings (SSSR count). The number of nitrogen functional groups attached to an aromatic ring is 1. The van der Waals surface area contributed by atoms with E-state index in [2.05, 4.69) is 30.3 Å². The summed E-state index contributed by atoms with van der Waals surface area (Å²) in [7, 11) is 4.02. The van der Waals surface area contributed by atoms with E-state index < -0.39 is 0 Å². The molecule has 0 saturated heterocycles. The van der Waals surface area contributed by atoms with Gasteiger partial charge < -0.3 is 16.0 Å². The van der Waals surface area contributed by atoms with Crippen LogP contribution in [0.3, 0.4) is 0 Å². The maximum Gasteiger partial charge on any atom is 0.0627 e. The molecule has 0 unspecified atom stereocenters. The van der Waals surface area contributed by atoms with Crippen molar-refractivity contribution in [2.45, 2.75) is 6.92 Å². The monoisotopic (exact) mass is 193 g/mol. The molecule has 0 heterocycles. The molecule has 0 radical (unpaired) electrons. The molecule has 3 N–H and O–H groups in total. The van der Waals surface area contributed by atoms with Crippen LogP contribution in [-0.4, -0.2) is 27.2 Å². The number of aryl methyl sites for hydroxylation is 1. The Morgan fingerprint density at radius 2 is 2.14 bits per heavy atom. The number of nitrogens with two attached hydrogens (primary N) is 1. The molecule has 14 heavy (non-hydrogen) atoms. The summed E-state index contributed by atoms with van der Waals surface area (Å²) in [5.74, 6) is 0. The summed E-state index contributed by atoms with van der Waals surface area (Å²) >= 11 is 0. The summed E-state index contributed by atoms with van der Waals surface area (Å²) in [4.78, 5) is 2.18. The van der Waals surface area contributed by atoms with Gasteiger partial charge in [0.2, 0.25) is 0 Å². The topological polar surface area (TPSA) is 41.3 Å². The SMILES string of the molecule is CNCCN(C)c1c(C)cccc1N. The smallest absolute Gasteiger partial charge is 0.0627 e. The predicted octanol–water partition coefficient (Wildman–Crippen LogP) is 1.23. The lowest BCUT2D eigenvalue weighted by atomic mass is 10.1. The van der Waals surface area contributed by atoms with E-state index in [1.165, 1.54) is 5.56 Å². The van der Waals surface area contributed by atoms with Crippen molar-refractivity contribution in [2.24, 2.45) is 0 Å². The van der Waals surface area contributed by atoms with Gasteiger partial charge in [-0.2, -0.15) is 0 Å². The molecule has 0 spiro atoms. The lowest BCUT2D eigenvalue weighted by molar-refractivity contribution is 0.767. The molecule has 78 valence electrons. The summed E-state index contributed by atoms with van der Waals surface area (Å²) in [6, 6.07) is 6.01. The minimum absolute atomic E-state index is 0.851. The van der Waals surface area contributed by atoms with Crippen molar-refractivity contribution < 1.29 is 0 Å². The number of likely N-dealkylation sites (N-methyl/N-ethyl adjacent to an activating group) is 2. The predicted molar refractivity (Wildman–Crippen MR) is 62.8 cm³/mol. The maximum absolute atomic E-state index is 5.93. The normalized spacial score (nSPS) is 10.2. The molecule has 1 aromatic rings. The third-order valence-electron chi connectivity index (χ3n) is 2.35. The molecular formula is C11H19N3. The Balaban J connectivity index is 2.82. The largest absolute Gasteiger partial charge is 0.397 e. The van der Waals surface area contributed by atoms with Gasteiger partial charge >= 0.3 is 0 Å². The van der Waals surface area contributed by atoms with Gasteiger partial charge in [0.15, 0.2) is 0 Å². The van der Waals surface area contributed by atoms with Crippen molar-refractivity contribution in [3.63, 3.8) is 0 Å². The first-order valence-electron chi connectivity index (χ1n) is 4.87. The number of para-hydroxylation sites is 1. The molecule has 0 aliphatic rings. The van der Waals surface area contributed by atoms with E-state index in [0.29, 0.717) is 0 Å². The van der Waals surface area contributed by atoms with Gasteiger partial charge in [-0.25, -0.2) is 0 Å². The van der Waals surface area contributed by atoms with E-state index in [0.717, 1.165) is 24.5 Å². The fraction of sp³-hybridized carbons (Fsp3) is 0.455. The maximum atomic E-state index is 5.93. The van der Waals surface area contributed by atoms with E-state index >= 15 is 0 Å². The average Bonchev–Trinajstić information content (AvgIpc) is 2.14. The second-order valence-electron chi connectivity index (χ2n) is 3.54. The van der Waals surface area contributed by atoms with Crippen LogP contribution in [0.2, 0.25) is 0 Å². The second kappa shape index (κ2) is 4.86. The van der Waals surface area contributed by atoms with Crippen molar-refractivity contribution in [3.8, 4) is 0 Å². The molecule has 3 heteroatoms. The van der Waals surface area contributed by atoms with E-state index in [1.807, 2.05) is 19.2 Å². The Hall–Kier alpha value is -1.22. The molecular weight excluding hydrogens is 174 g/mol. The fourth-order valence-corrected chi connectivity index (χ4v) is 1.59. The summed E-state index contributed by atoms with van der Waals surface area (Å²) in [6.07, 6.45) is 0. The van der Waals surface area contributed by atoms with Crippen LogP contribution >= 0.6 is 0 Å². The van der Waals surface area contributed by atoms with Gasteiger partial charge in [-0.3, -0.25) is 0 Å². The fourth-order valence-electron chi connectivity index (χ4n) is 1.59. The highest BCUT2D eigenvalue weighted by molar-refractivity contribution is 5.70. The first kappa shape index (κ1) is 10.9. The Bertz CT molecular complexity index is 276. The third-order valence-corrected chi connectivity index (χ3v) is 2.35. The third kappa shape index (κ3) is 2.39. The van der Waals surface area contributed by atoms with Gasteiger partial charge in [0.25, 0.3) is 0 Å². The van der Waals surface area contributed by atoms with Crippen LogP contribution in [0.15, 0.2) is 18.2 Å². The van der Waals surface area contributed by atoms with Crippen LogP contribution in [-0.2, 0) is 0 Å². The number of nitrogens with zero attached hydrogens (tertiary/aromatic N) is 1. The van der Waals surface area contributed by atoms with Gasteiger partial charge in [0, 0.05) is 20.1 Å². The van der Waals surface area contributed by atoms with Crippen molar-refractivity contribution >= 4 is 11.4 Å². The Morgan fingerprint density at radius 3 is 2.71 bits per heavy atom. The van der Waals surface area contributed by atoms with Crippen molar-refractivity contribution in [1.29, 1.82) is 0 Å². The number of hydrogen-bond donors (Lipinski definition) is 2. The molecule has 3 nitrogen and oxygen atoms in total. The Kier molecular flexibility index (Phi) is 3.77. The van der Waals surface area contributed by atoms with E-state index in [9.17, 15) is 0 Å². The van der Waals surface area contributed by atoms with E-state index in [-0.39, 0.29) is 0 Å². The lowest BCUT2D eigenvalue weighted by Crippen LogP contribution is -2.28. The molecule has 0 atom stereocenters. The summed E-state index contributed by atoms with van der Waals surface area (Å²) in [6.45, 7) is 4.01. The minimum Gasteiger partial charge on any atom is -0.397 e. The molecule has 0 fully saturated rings. The zero-order valence-corrected chi connectivity index (χ0v) is 9.17. The van der Waals surface area contributed by atoms with Crippen molar-refractivity contribution in [1.82, 2.24) is 5.32 Å². The van der Waals surface area contributed by atoms with E-state index in [4.69, 9.17) is 5.73 Å². The Morgan fingerprint density at radius 1 is 1.43 bits per heavy atom. The second-order valence-corrected chi connectivity index (χ2v) is 3.54. The number of hydrogen-bond acceptors (Lipinski definition) is 3. The molecule has 0 aliphatic heterocycles. The highest BCUT2D eigenvalue weighted by Crippen LogP contribution is 2.25. The highest BCUT2D eigenvalue weighted by atomic mass is 15.1. The molecule has 0 aliphatic carbocycles. The van der Waals surface area contributed by atoms with Gasteiger partial charge in [-0.15, -0.1) is 0 Å². The van der Waals surface area contributed by atoms with Crippen LogP contribution in [0.1, 0.15) is 5.56 Å². The Labute approximate surface area is 85.9 Å². The van der Waals surface area contributed by atoms with Crippen LogP contribution in [0.4, 0.5) is 11.4 Å². The first-order chi connectivity index (χ1) is 6.66. The highest BCUT2D eigenvalue weighted by Gasteiger charge is 2.06. The molecule has 1 aromatic carbocycles. The number of nitrogens with one attached hydrogen (secondary N) is 1. The van der Waals surface area contributed by atoms with Crippen molar-refractivity contribution in [2.75, 3.05) is 37.8 Å². The van der Waals surface area contributed by atoms with Gasteiger partial charge in [0.05, 0.1) is 11.4 Å². The molecule has 0 aromatic heterocycles. The number of rotatable bonds is 4. The van der Waals surface area contributed by atoms with E-state index in [1.54, 1.807) is 0 Å². The van der Waals surface area contributed by atoms with Crippen LogP contribution in [0.25, 0.3) is 0 Å². The standard InChI is InChI=1S/C11H19N3/c1-9-5-4-6-10(12)11(9)14(3)8-7-13-2/h4-6,13H,7-8,12H2,1-3H3. The van der Waals surface area contributed by atoms with Gasteiger partial charge in [-0.1, -0.05) is 12.1 Å². The van der Waals surface area contributed by atoms with Gasteiger partial charge in [-0.05, 0) is 25.6 Å². The first-order valence-corrected chi connectivity index (χ1v) is 4.87. The molecule has 0 saturated carbocycles. The van der Waals surface area contributed by atoms with Crippen LogP contribution in [0, 0.1) is 6.92 Å². The number of benzene rings is 1. The number of anilines is 2. The lowest BCUT2D eigenvalue weighted by Gasteiger charge is -2.22. The summed E-state index contributed by atoms with van der Waals surface area (Å²) in [5.41, 5.74) is 9.15.